The first-order valence-electron chi connectivity index (χ1n) is 7.76. The van der Waals surface area contributed by atoms with E-state index in [0.717, 1.165) is 36.3 Å². The van der Waals surface area contributed by atoms with Crippen molar-refractivity contribution >= 4 is 21.4 Å². The van der Waals surface area contributed by atoms with Crippen molar-refractivity contribution in [2.45, 2.75) is 39.8 Å². The highest BCUT2D eigenvalue weighted by atomic mass is 32.1. The van der Waals surface area contributed by atoms with E-state index in [-0.39, 0.29) is 5.82 Å². The molecule has 0 aliphatic rings. The van der Waals surface area contributed by atoms with E-state index in [2.05, 4.69) is 24.1 Å². The Hall–Kier alpha value is -0.970. The van der Waals surface area contributed by atoms with Gasteiger partial charge in [-0.15, -0.1) is 11.3 Å². The third kappa shape index (κ3) is 3.82. The molecule has 4 heteroatoms. The maximum Gasteiger partial charge on any atom is 0.132 e. The monoisotopic (exact) mass is 308 g/mol. The molecule has 0 saturated carbocycles. The van der Waals surface area contributed by atoms with Gasteiger partial charge in [0.15, 0.2) is 0 Å². The van der Waals surface area contributed by atoms with Crippen LogP contribution in [0, 0.1) is 5.82 Å². The Labute approximate surface area is 131 Å². The molecule has 0 spiro atoms. The number of unbranched alkanes of at least 4 members (excludes halogenated alkanes) is 1. The van der Waals surface area contributed by atoms with Gasteiger partial charge in [-0.25, -0.2) is 4.39 Å². The third-order valence-electron chi connectivity index (χ3n) is 3.84. The zero-order chi connectivity index (χ0) is 15.2. The number of thiophene rings is 1. The van der Waals surface area contributed by atoms with E-state index >= 15 is 0 Å². The van der Waals surface area contributed by atoms with Crippen LogP contribution >= 0.6 is 11.3 Å². The number of hydrogen-bond acceptors (Lipinski definition) is 3. The second kappa shape index (κ2) is 7.87. The highest BCUT2D eigenvalue weighted by Gasteiger charge is 2.17. The fourth-order valence-electron chi connectivity index (χ4n) is 2.64. The van der Waals surface area contributed by atoms with E-state index in [9.17, 15) is 4.39 Å². The number of rotatable bonds is 8. The molecule has 0 saturated heterocycles. The second-order valence-corrected chi connectivity index (χ2v) is 6.51. The minimum absolute atomic E-state index is 0.0901. The molecule has 1 aromatic heterocycles. The predicted octanol–water partition coefficient (Wildman–Crippen LogP) is 4.38. The van der Waals surface area contributed by atoms with Gasteiger partial charge in [0, 0.05) is 28.1 Å². The van der Waals surface area contributed by atoms with Crippen molar-refractivity contribution in [3.63, 3.8) is 0 Å². The summed E-state index contributed by atoms with van der Waals surface area (Å²) in [5.74, 6) is -0.0901. The van der Waals surface area contributed by atoms with Crippen LogP contribution in [0.25, 0.3) is 10.1 Å². The fourth-order valence-corrected chi connectivity index (χ4v) is 3.88. The summed E-state index contributed by atoms with van der Waals surface area (Å²) in [6.45, 7) is 8.12. The van der Waals surface area contributed by atoms with Gasteiger partial charge in [-0.3, -0.25) is 4.90 Å². The summed E-state index contributed by atoms with van der Waals surface area (Å²) >= 11 is 1.71. The topological polar surface area (TPSA) is 15.3 Å². The standard InChI is InChI=1S/C17H25FN2S/c1-4-6-10-20(5-2)12-13-16(11-19-3)21-15-9-7-8-14(18)17(13)15/h7-9,19H,4-6,10-12H2,1-3H3. The van der Waals surface area contributed by atoms with Crippen molar-refractivity contribution in [3.05, 3.63) is 34.5 Å². The Kier molecular flexibility index (Phi) is 6.15. The van der Waals surface area contributed by atoms with Crippen molar-refractivity contribution in [3.8, 4) is 0 Å². The number of nitrogens with zero attached hydrogens (tertiary/aromatic N) is 1. The lowest BCUT2D eigenvalue weighted by Crippen LogP contribution is -2.24. The molecule has 0 aliphatic heterocycles. The number of fused-ring (bicyclic) bond motifs is 1. The first kappa shape index (κ1) is 16.4. The summed E-state index contributed by atoms with van der Waals surface area (Å²) in [4.78, 5) is 3.67. The summed E-state index contributed by atoms with van der Waals surface area (Å²) in [5, 5.41) is 4.03. The largest absolute Gasteiger partial charge is 0.315 e. The molecule has 0 bridgehead atoms. The van der Waals surface area contributed by atoms with Gasteiger partial charge in [0.2, 0.25) is 0 Å². The molecule has 0 fully saturated rings. The maximum absolute atomic E-state index is 14.3. The summed E-state index contributed by atoms with van der Waals surface area (Å²) in [6, 6.07) is 5.40. The zero-order valence-corrected chi connectivity index (χ0v) is 14.0. The molecule has 1 aromatic carbocycles. The summed E-state index contributed by atoms with van der Waals surface area (Å²) in [7, 11) is 1.94. The molecule has 116 valence electrons. The molecule has 2 rings (SSSR count). The van der Waals surface area contributed by atoms with Gasteiger partial charge < -0.3 is 5.32 Å². The quantitative estimate of drug-likeness (QED) is 0.778. The molecule has 0 unspecified atom stereocenters. The summed E-state index contributed by atoms with van der Waals surface area (Å²) in [5.41, 5.74) is 1.17. The predicted molar refractivity (Wildman–Crippen MR) is 90.4 cm³/mol. The molecule has 0 amide bonds. The second-order valence-electron chi connectivity index (χ2n) is 5.37. The third-order valence-corrected chi connectivity index (χ3v) is 5.04. The molecular weight excluding hydrogens is 283 g/mol. The van der Waals surface area contributed by atoms with Crippen molar-refractivity contribution in [2.24, 2.45) is 0 Å². The van der Waals surface area contributed by atoms with Gasteiger partial charge >= 0.3 is 0 Å². The van der Waals surface area contributed by atoms with Gasteiger partial charge in [0.1, 0.15) is 5.82 Å². The van der Waals surface area contributed by atoms with E-state index in [4.69, 9.17) is 0 Å². The van der Waals surface area contributed by atoms with Crippen LogP contribution in [-0.2, 0) is 13.1 Å². The van der Waals surface area contributed by atoms with Crippen LogP contribution in [0.1, 0.15) is 37.1 Å². The van der Waals surface area contributed by atoms with Crippen LogP contribution in [0.5, 0.6) is 0 Å². The number of halogens is 1. The average Bonchev–Trinajstić information content (AvgIpc) is 2.82. The van der Waals surface area contributed by atoms with Crippen LogP contribution in [0.2, 0.25) is 0 Å². The van der Waals surface area contributed by atoms with Gasteiger partial charge in [-0.1, -0.05) is 26.3 Å². The maximum atomic E-state index is 14.3. The van der Waals surface area contributed by atoms with Crippen LogP contribution in [0.15, 0.2) is 18.2 Å². The normalized spacial score (nSPS) is 11.7. The molecule has 0 aliphatic carbocycles. The SMILES string of the molecule is CCCCN(CC)Cc1c(CNC)sc2cccc(F)c12. The molecule has 0 atom stereocenters. The minimum Gasteiger partial charge on any atom is -0.315 e. The number of nitrogens with one attached hydrogen (secondary N) is 1. The van der Waals surface area contributed by atoms with Crippen molar-refractivity contribution in [1.82, 2.24) is 10.2 Å². The Balaban J connectivity index is 2.37. The number of benzene rings is 1. The molecule has 2 nitrogen and oxygen atoms in total. The van der Waals surface area contributed by atoms with Gasteiger partial charge in [0.25, 0.3) is 0 Å². The van der Waals surface area contributed by atoms with E-state index < -0.39 is 0 Å². The van der Waals surface area contributed by atoms with Crippen LogP contribution < -0.4 is 5.32 Å². The first-order chi connectivity index (χ1) is 10.2. The van der Waals surface area contributed by atoms with E-state index in [0.29, 0.717) is 0 Å². The molecule has 2 aromatic rings. The zero-order valence-electron chi connectivity index (χ0n) is 13.2. The van der Waals surface area contributed by atoms with Crippen LogP contribution in [0.4, 0.5) is 4.39 Å². The lowest BCUT2D eigenvalue weighted by Gasteiger charge is -2.21. The van der Waals surface area contributed by atoms with Gasteiger partial charge in [-0.2, -0.15) is 0 Å². The van der Waals surface area contributed by atoms with Gasteiger partial charge in [0.05, 0.1) is 0 Å². The van der Waals surface area contributed by atoms with Crippen LogP contribution in [0.3, 0.4) is 0 Å². The Morgan fingerprint density at radius 3 is 2.76 bits per heavy atom. The summed E-state index contributed by atoms with van der Waals surface area (Å²) in [6.07, 6.45) is 2.39. The molecule has 0 radical (unpaired) electrons. The van der Waals surface area contributed by atoms with E-state index in [1.54, 1.807) is 23.5 Å². The van der Waals surface area contributed by atoms with Crippen molar-refractivity contribution in [2.75, 3.05) is 20.1 Å². The van der Waals surface area contributed by atoms with Crippen molar-refractivity contribution < 1.29 is 4.39 Å². The van der Waals surface area contributed by atoms with E-state index in [1.807, 2.05) is 13.1 Å². The molecule has 1 heterocycles. The lowest BCUT2D eigenvalue weighted by molar-refractivity contribution is 0.275. The summed E-state index contributed by atoms with van der Waals surface area (Å²) < 4.78 is 15.3. The highest BCUT2D eigenvalue weighted by molar-refractivity contribution is 7.19. The Morgan fingerprint density at radius 1 is 1.29 bits per heavy atom. The average molecular weight is 308 g/mol. The molecular formula is C17H25FN2S. The first-order valence-corrected chi connectivity index (χ1v) is 8.58. The van der Waals surface area contributed by atoms with Crippen LogP contribution in [-0.4, -0.2) is 25.0 Å². The van der Waals surface area contributed by atoms with E-state index in [1.165, 1.54) is 23.3 Å². The highest BCUT2D eigenvalue weighted by Crippen LogP contribution is 2.34. The van der Waals surface area contributed by atoms with Crippen molar-refractivity contribution in [1.29, 1.82) is 0 Å². The Morgan fingerprint density at radius 2 is 2.10 bits per heavy atom. The Bertz CT molecular complexity index is 579. The lowest BCUT2D eigenvalue weighted by atomic mass is 10.1. The number of hydrogen-bond donors (Lipinski definition) is 1. The minimum atomic E-state index is -0.0901. The smallest absolute Gasteiger partial charge is 0.132 e. The van der Waals surface area contributed by atoms with Gasteiger partial charge in [-0.05, 0) is 44.3 Å². The molecule has 1 N–H and O–H groups in total. The fraction of sp³-hybridized carbons (Fsp3) is 0.529. The molecule has 21 heavy (non-hydrogen) atoms.